The third-order valence-corrected chi connectivity index (χ3v) is 6.46. The first kappa shape index (κ1) is 29.1. The lowest BCUT2D eigenvalue weighted by Crippen LogP contribution is -2.52. The zero-order valence-electron chi connectivity index (χ0n) is 22.1. The molecule has 1 atom stereocenters. The van der Waals surface area contributed by atoms with Crippen LogP contribution in [-0.2, 0) is 25.6 Å². The maximum absolute atomic E-state index is 13.4. The molecule has 1 aliphatic heterocycles. The molecule has 40 heavy (non-hydrogen) atoms. The van der Waals surface area contributed by atoms with Crippen LogP contribution in [0.25, 0.3) is 10.9 Å². The minimum Gasteiger partial charge on any atom is -0.379 e. The van der Waals surface area contributed by atoms with Gasteiger partial charge in [0.2, 0.25) is 5.60 Å². The van der Waals surface area contributed by atoms with E-state index in [0.29, 0.717) is 61.3 Å². The van der Waals surface area contributed by atoms with Gasteiger partial charge in [0.1, 0.15) is 17.3 Å². The maximum atomic E-state index is 13.4. The van der Waals surface area contributed by atoms with E-state index < -0.39 is 29.0 Å². The normalized spacial score (nSPS) is 17.0. The number of hydrogen-bond donors (Lipinski definition) is 4. The average Bonchev–Trinajstić information content (AvgIpc) is 3.49. The van der Waals surface area contributed by atoms with E-state index in [4.69, 9.17) is 9.47 Å². The van der Waals surface area contributed by atoms with Crippen molar-refractivity contribution in [3.8, 4) is 0 Å². The molecule has 1 aliphatic rings. The molecular weight excluding hydrogens is 526 g/mol. The van der Waals surface area contributed by atoms with Gasteiger partial charge in [-0.15, -0.1) is 0 Å². The molecule has 1 fully saturated rings. The number of benzene rings is 2. The highest BCUT2D eigenvalue weighted by atomic mass is 19.1. The molecule has 4 rings (SSSR count). The van der Waals surface area contributed by atoms with E-state index in [0.717, 1.165) is 18.6 Å². The molecule has 214 valence electrons. The summed E-state index contributed by atoms with van der Waals surface area (Å²) in [6.45, 7) is 4.15. The Morgan fingerprint density at radius 2 is 1.75 bits per heavy atom. The molecule has 1 saturated heterocycles. The van der Waals surface area contributed by atoms with Crippen molar-refractivity contribution < 1.29 is 37.7 Å². The van der Waals surface area contributed by atoms with Crippen molar-refractivity contribution in [1.82, 2.24) is 15.6 Å². The SMILES string of the molecule is CCCOCCOCCNC(=O)c1cc2cc(N3CCC(O)(C(=O)NCc4cc(F)cc(F)c4)C3=O)ccc2[nH]1. The highest BCUT2D eigenvalue weighted by molar-refractivity contribution is 6.16. The monoisotopic (exact) mass is 558 g/mol. The van der Waals surface area contributed by atoms with Gasteiger partial charge in [-0.05, 0) is 48.4 Å². The number of rotatable bonds is 13. The second-order valence-electron chi connectivity index (χ2n) is 9.46. The Balaban J connectivity index is 1.33. The zero-order valence-corrected chi connectivity index (χ0v) is 22.1. The van der Waals surface area contributed by atoms with Gasteiger partial charge in [-0.1, -0.05) is 6.92 Å². The van der Waals surface area contributed by atoms with Crippen molar-refractivity contribution in [3.05, 3.63) is 65.4 Å². The van der Waals surface area contributed by atoms with Crippen LogP contribution in [0, 0.1) is 11.6 Å². The van der Waals surface area contributed by atoms with E-state index in [1.165, 1.54) is 4.90 Å². The minimum absolute atomic E-state index is 0.0735. The minimum atomic E-state index is -2.33. The van der Waals surface area contributed by atoms with Gasteiger partial charge < -0.3 is 35.1 Å². The quantitative estimate of drug-likeness (QED) is 0.188. The summed E-state index contributed by atoms with van der Waals surface area (Å²) in [6.07, 6.45) is 0.778. The van der Waals surface area contributed by atoms with Gasteiger partial charge >= 0.3 is 0 Å². The fraction of sp³-hybridized carbons (Fsp3) is 0.393. The van der Waals surface area contributed by atoms with Crippen molar-refractivity contribution in [1.29, 1.82) is 0 Å². The van der Waals surface area contributed by atoms with Gasteiger partial charge in [0.15, 0.2) is 0 Å². The number of carbonyl (C=O) groups is 3. The highest BCUT2D eigenvalue weighted by Gasteiger charge is 2.51. The summed E-state index contributed by atoms with van der Waals surface area (Å²) in [4.78, 5) is 42.7. The molecule has 1 unspecified atom stereocenters. The van der Waals surface area contributed by atoms with Gasteiger partial charge in [-0.25, -0.2) is 8.78 Å². The number of ether oxygens (including phenoxy) is 2. The molecule has 0 aliphatic carbocycles. The Kier molecular flexibility index (Phi) is 9.46. The first-order valence-electron chi connectivity index (χ1n) is 13.1. The third-order valence-electron chi connectivity index (χ3n) is 6.46. The van der Waals surface area contributed by atoms with Crippen molar-refractivity contribution in [2.45, 2.75) is 31.9 Å². The van der Waals surface area contributed by atoms with Gasteiger partial charge in [-0.3, -0.25) is 14.4 Å². The fourth-order valence-corrected chi connectivity index (χ4v) is 4.41. The van der Waals surface area contributed by atoms with Crippen LogP contribution >= 0.6 is 0 Å². The van der Waals surface area contributed by atoms with Gasteiger partial charge in [-0.2, -0.15) is 0 Å². The molecule has 0 spiro atoms. The zero-order chi connectivity index (χ0) is 28.7. The highest BCUT2D eigenvalue weighted by Crippen LogP contribution is 2.31. The number of nitrogens with one attached hydrogen (secondary N) is 3. The number of carbonyl (C=O) groups excluding carboxylic acids is 3. The summed E-state index contributed by atoms with van der Waals surface area (Å²) < 4.78 is 37.6. The first-order valence-corrected chi connectivity index (χ1v) is 13.1. The van der Waals surface area contributed by atoms with Crippen molar-refractivity contribution in [2.24, 2.45) is 0 Å². The smallest absolute Gasteiger partial charge is 0.268 e. The average molecular weight is 559 g/mol. The molecule has 12 heteroatoms. The predicted molar refractivity (Wildman–Crippen MR) is 143 cm³/mol. The Bertz CT molecular complexity index is 1360. The molecule has 10 nitrogen and oxygen atoms in total. The molecule has 4 N–H and O–H groups in total. The molecule has 3 amide bonds. The number of halogens is 2. The lowest BCUT2D eigenvalue weighted by atomic mass is 10.0. The van der Waals surface area contributed by atoms with Gasteiger partial charge in [0, 0.05) is 55.3 Å². The van der Waals surface area contributed by atoms with Crippen LogP contribution in [0.2, 0.25) is 0 Å². The number of aromatic amines is 1. The number of amides is 3. The topological polar surface area (TPSA) is 133 Å². The summed E-state index contributed by atoms with van der Waals surface area (Å²) in [5.41, 5.74) is -0.734. The molecule has 0 radical (unpaired) electrons. The van der Waals surface area contributed by atoms with Crippen LogP contribution in [0.3, 0.4) is 0 Å². The largest absolute Gasteiger partial charge is 0.379 e. The summed E-state index contributed by atoms with van der Waals surface area (Å²) in [6, 6.07) is 9.47. The molecule has 0 saturated carbocycles. The van der Waals surface area contributed by atoms with Crippen molar-refractivity contribution >= 4 is 34.3 Å². The van der Waals surface area contributed by atoms with Crippen LogP contribution in [-0.4, -0.2) is 72.9 Å². The summed E-state index contributed by atoms with van der Waals surface area (Å²) >= 11 is 0. The summed E-state index contributed by atoms with van der Waals surface area (Å²) in [5, 5.41) is 16.7. The molecule has 2 aromatic carbocycles. The summed E-state index contributed by atoms with van der Waals surface area (Å²) in [7, 11) is 0. The molecule has 0 bridgehead atoms. The third kappa shape index (κ3) is 6.82. The molecule has 3 aromatic rings. The van der Waals surface area contributed by atoms with Crippen LogP contribution in [0.4, 0.5) is 14.5 Å². The van der Waals surface area contributed by atoms with Crippen LogP contribution < -0.4 is 15.5 Å². The first-order chi connectivity index (χ1) is 19.2. The number of nitrogens with zero attached hydrogens (tertiary/aromatic N) is 1. The van der Waals surface area contributed by atoms with E-state index in [9.17, 15) is 28.3 Å². The van der Waals surface area contributed by atoms with Crippen molar-refractivity contribution in [3.63, 3.8) is 0 Å². The van der Waals surface area contributed by atoms with Gasteiger partial charge in [0.25, 0.3) is 17.7 Å². The Hall–Kier alpha value is -3.87. The van der Waals surface area contributed by atoms with Crippen LogP contribution in [0.5, 0.6) is 0 Å². The van der Waals surface area contributed by atoms with Crippen molar-refractivity contribution in [2.75, 3.05) is 44.4 Å². The molecule has 1 aromatic heterocycles. The maximum Gasteiger partial charge on any atom is 0.268 e. The lowest BCUT2D eigenvalue weighted by Gasteiger charge is -2.22. The summed E-state index contributed by atoms with van der Waals surface area (Å²) in [5.74, 6) is -3.69. The number of hydrogen-bond acceptors (Lipinski definition) is 6. The molecule has 2 heterocycles. The standard InChI is InChI=1S/C28H32F2N4O6/c1-2-8-39-10-11-40-9-6-31-25(35)24-15-19-14-22(3-4-23(19)33-24)34-7-5-28(38,27(34)37)26(36)32-17-18-12-20(29)16-21(30)13-18/h3-4,12-16,33,38H,2,5-11,17H2,1H3,(H,31,35)(H,32,36). The Morgan fingerprint density at radius 1 is 1.02 bits per heavy atom. The van der Waals surface area contributed by atoms with E-state index in [1.54, 1.807) is 24.3 Å². The number of H-pyrrole nitrogens is 1. The number of fused-ring (bicyclic) bond motifs is 1. The number of anilines is 1. The van der Waals surface area contributed by atoms with E-state index in [-0.39, 0.29) is 31.0 Å². The number of aliphatic hydroxyl groups is 1. The number of aromatic nitrogens is 1. The Labute approximate surface area is 229 Å². The van der Waals surface area contributed by atoms with E-state index in [2.05, 4.69) is 15.6 Å². The van der Waals surface area contributed by atoms with Gasteiger partial charge in [0.05, 0.1) is 19.8 Å². The lowest BCUT2D eigenvalue weighted by molar-refractivity contribution is -0.149. The van der Waals surface area contributed by atoms with Crippen LogP contribution in [0.1, 0.15) is 35.8 Å². The Morgan fingerprint density at radius 3 is 2.48 bits per heavy atom. The fourth-order valence-electron chi connectivity index (χ4n) is 4.41. The predicted octanol–water partition coefficient (Wildman–Crippen LogP) is 2.40. The second kappa shape index (κ2) is 13.0. The molecular formula is C28H32F2N4O6. The van der Waals surface area contributed by atoms with E-state index in [1.807, 2.05) is 6.92 Å². The van der Waals surface area contributed by atoms with E-state index >= 15 is 0 Å². The van der Waals surface area contributed by atoms with Crippen LogP contribution in [0.15, 0.2) is 42.5 Å². The second-order valence-corrected chi connectivity index (χ2v) is 9.46.